The van der Waals surface area contributed by atoms with Crippen molar-refractivity contribution in [3.63, 3.8) is 0 Å². The van der Waals surface area contributed by atoms with E-state index in [1.165, 1.54) is 12.1 Å². The number of nitrogens with zero attached hydrogens (tertiary/aromatic N) is 3. The van der Waals surface area contributed by atoms with Gasteiger partial charge in [-0.05, 0) is 36.5 Å². The van der Waals surface area contributed by atoms with E-state index in [0.717, 1.165) is 11.5 Å². The molecule has 3 N–H and O–H groups in total. The van der Waals surface area contributed by atoms with E-state index in [9.17, 15) is 14.3 Å². The highest BCUT2D eigenvalue weighted by atomic mass is 35.5. The number of carbonyl (C=O) groups excluding carboxylic acids is 1. The van der Waals surface area contributed by atoms with E-state index in [1.807, 2.05) is 0 Å². The number of aliphatic hydroxyl groups is 1. The lowest BCUT2D eigenvalue weighted by molar-refractivity contribution is 0.0459. The first-order chi connectivity index (χ1) is 11.1. The number of hydrogen-bond acceptors (Lipinski definition) is 6. The lowest BCUT2D eigenvalue weighted by Crippen LogP contribution is -2.40. The molecule has 24 heavy (non-hydrogen) atoms. The normalized spacial score (nSPS) is 16.5. The van der Waals surface area contributed by atoms with Crippen molar-refractivity contribution >= 4 is 34.8 Å². The number of anilines is 1. The summed E-state index contributed by atoms with van der Waals surface area (Å²) in [4.78, 5) is 14.0. The van der Waals surface area contributed by atoms with Crippen LogP contribution in [-0.2, 0) is 0 Å². The molecule has 1 aromatic heterocycles. The highest BCUT2D eigenvalue weighted by molar-refractivity contribution is 7.10. The van der Waals surface area contributed by atoms with Crippen LogP contribution in [0.1, 0.15) is 35.0 Å². The van der Waals surface area contributed by atoms with Gasteiger partial charge < -0.3 is 15.7 Å². The van der Waals surface area contributed by atoms with E-state index in [-0.39, 0.29) is 35.7 Å². The van der Waals surface area contributed by atoms with Crippen LogP contribution in [0.3, 0.4) is 0 Å². The molecule has 2 aromatic rings. The Morgan fingerprint density at radius 1 is 1.33 bits per heavy atom. The van der Waals surface area contributed by atoms with E-state index < -0.39 is 6.10 Å². The van der Waals surface area contributed by atoms with E-state index in [1.54, 1.807) is 17.0 Å². The fraction of sp³-hybridized carbons (Fsp3) is 0.400. The van der Waals surface area contributed by atoms with Crippen LogP contribution < -0.4 is 5.73 Å². The zero-order valence-corrected chi connectivity index (χ0v) is 14.4. The quantitative estimate of drug-likeness (QED) is 0.862. The second-order valence-corrected chi connectivity index (χ2v) is 6.40. The average Bonchev–Trinajstić information content (AvgIpc) is 3.00. The van der Waals surface area contributed by atoms with E-state index >= 15 is 0 Å². The summed E-state index contributed by atoms with van der Waals surface area (Å²) in [7, 11) is 0. The van der Waals surface area contributed by atoms with Crippen LogP contribution in [0.4, 0.5) is 9.39 Å². The first-order valence-corrected chi connectivity index (χ1v) is 8.14. The second-order valence-electron chi connectivity index (χ2n) is 5.61. The Morgan fingerprint density at radius 2 is 1.96 bits per heavy atom. The maximum atomic E-state index is 13.0. The Hall–Kier alpha value is -1.77. The minimum absolute atomic E-state index is 0. The van der Waals surface area contributed by atoms with Crippen LogP contribution >= 0.6 is 23.9 Å². The lowest BCUT2D eigenvalue weighted by atomic mass is 9.87. The first-order valence-electron chi connectivity index (χ1n) is 7.37. The molecule has 1 aliphatic rings. The van der Waals surface area contributed by atoms with Crippen molar-refractivity contribution in [3.8, 4) is 0 Å². The number of hydrogen-bond donors (Lipinski definition) is 2. The topological polar surface area (TPSA) is 92.3 Å². The molecule has 1 fully saturated rings. The second kappa shape index (κ2) is 7.87. The first kappa shape index (κ1) is 18.6. The van der Waals surface area contributed by atoms with Crippen LogP contribution in [0, 0.1) is 11.7 Å². The predicted molar refractivity (Wildman–Crippen MR) is 91.6 cm³/mol. The summed E-state index contributed by atoms with van der Waals surface area (Å²) in [5.41, 5.74) is 6.59. The number of carbonyl (C=O) groups is 1. The molecule has 1 aliphatic heterocycles. The largest absolute Gasteiger partial charge is 0.388 e. The van der Waals surface area contributed by atoms with Gasteiger partial charge in [0.15, 0.2) is 5.69 Å². The van der Waals surface area contributed by atoms with E-state index in [4.69, 9.17) is 5.73 Å². The van der Waals surface area contributed by atoms with Crippen LogP contribution in [0.2, 0.25) is 0 Å². The maximum Gasteiger partial charge on any atom is 0.277 e. The molecular weight excluding hydrogens is 355 g/mol. The van der Waals surface area contributed by atoms with Gasteiger partial charge in [0, 0.05) is 24.6 Å². The summed E-state index contributed by atoms with van der Waals surface area (Å²) in [6, 6.07) is 5.88. The summed E-state index contributed by atoms with van der Waals surface area (Å²) in [6.07, 6.45) is 0.683. The number of halogens is 2. The van der Waals surface area contributed by atoms with Crippen LogP contribution in [0.15, 0.2) is 24.3 Å². The van der Waals surface area contributed by atoms with Gasteiger partial charge >= 0.3 is 0 Å². The van der Waals surface area contributed by atoms with Crippen molar-refractivity contribution < 1.29 is 14.3 Å². The van der Waals surface area contributed by atoms with Gasteiger partial charge in [0.25, 0.3) is 5.91 Å². The molecule has 1 unspecified atom stereocenters. The number of aliphatic hydroxyl groups excluding tert-OH is 1. The maximum absolute atomic E-state index is 13.0. The monoisotopic (exact) mass is 372 g/mol. The third-order valence-electron chi connectivity index (χ3n) is 4.20. The van der Waals surface area contributed by atoms with Gasteiger partial charge in [0.05, 0.1) is 6.10 Å². The number of nitrogens with two attached hydrogens (primary N) is 1. The highest BCUT2D eigenvalue weighted by Crippen LogP contribution is 2.31. The average molecular weight is 373 g/mol. The van der Waals surface area contributed by atoms with Crippen molar-refractivity contribution in [3.05, 3.63) is 41.3 Å². The van der Waals surface area contributed by atoms with Gasteiger partial charge in [-0.2, -0.15) is 0 Å². The summed E-state index contributed by atoms with van der Waals surface area (Å²) in [6.45, 7) is 1.05. The van der Waals surface area contributed by atoms with E-state index in [0.29, 0.717) is 36.5 Å². The molecule has 2 heterocycles. The van der Waals surface area contributed by atoms with Crippen molar-refractivity contribution in [2.45, 2.75) is 18.9 Å². The van der Waals surface area contributed by atoms with Crippen LogP contribution in [0.5, 0.6) is 0 Å². The summed E-state index contributed by atoms with van der Waals surface area (Å²) >= 11 is 0.999. The van der Waals surface area contributed by atoms with Gasteiger partial charge in [0.2, 0.25) is 0 Å². The van der Waals surface area contributed by atoms with Gasteiger partial charge in [-0.15, -0.1) is 17.5 Å². The zero-order chi connectivity index (χ0) is 16.4. The fourth-order valence-electron chi connectivity index (χ4n) is 2.85. The Labute approximate surface area is 149 Å². The molecule has 0 saturated carbocycles. The third-order valence-corrected chi connectivity index (χ3v) is 4.75. The van der Waals surface area contributed by atoms with Gasteiger partial charge in [0.1, 0.15) is 10.8 Å². The molecule has 6 nitrogen and oxygen atoms in total. The summed E-state index contributed by atoms with van der Waals surface area (Å²) in [5.74, 6) is -0.503. The molecule has 0 bridgehead atoms. The number of piperidine rings is 1. The van der Waals surface area contributed by atoms with Crippen molar-refractivity contribution in [1.82, 2.24) is 14.5 Å². The van der Waals surface area contributed by atoms with Crippen molar-refractivity contribution in [1.29, 1.82) is 0 Å². The standard InChI is InChI=1S/C15H17FN4O2S.ClH/c16-11-3-1-9(2-4-11)13(21)10-5-7-20(8-6-10)15(22)12-14(17)23-19-18-12;/h1-4,10,13,21H,5-8,17H2;1H. The fourth-order valence-corrected chi connectivity index (χ4v) is 3.27. The minimum Gasteiger partial charge on any atom is -0.388 e. The molecule has 1 aromatic carbocycles. The molecular formula is C15H18ClFN4O2S. The SMILES string of the molecule is Cl.Nc1snnc1C(=O)N1CCC(C(O)c2ccc(F)cc2)CC1. The Bertz CT molecular complexity index is 689. The van der Waals surface area contributed by atoms with Gasteiger partial charge in [-0.3, -0.25) is 4.79 Å². The minimum atomic E-state index is -0.654. The number of nitrogen functional groups attached to an aromatic ring is 1. The summed E-state index contributed by atoms with van der Waals surface area (Å²) in [5, 5.41) is 14.5. The molecule has 1 amide bonds. The lowest BCUT2D eigenvalue weighted by Gasteiger charge is -2.34. The summed E-state index contributed by atoms with van der Waals surface area (Å²) < 4.78 is 16.6. The molecule has 9 heteroatoms. The van der Waals surface area contributed by atoms with Crippen molar-refractivity contribution in [2.75, 3.05) is 18.8 Å². The van der Waals surface area contributed by atoms with Crippen LogP contribution in [0.25, 0.3) is 0 Å². The molecule has 0 radical (unpaired) electrons. The predicted octanol–water partition coefficient (Wildman–Crippen LogP) is 2.27. The van der Waals surface area contributed by atoms with E-state index in [2.05, 4.69) is 9.59 Å². The smallest absolute Gasteiger partial charge is 0.277 e. The Balaban J connectivity index is 0.00000208. The third kappa shape index (κ3) is 3.82. The highest BCUT2D eigenvalue weighted by Gasteiger charge is 2.30. The molecule has 0 aliphatic carbocycles. The van der Waals surface area contributed by atoms with Crippen molar-refractivity contribution in [2.24, 2.45) is 5.92 Å². The number of rotatable bonds is 3. The Morgan fingerprint density at radius 3 is 2.50 bits per heavy atom. The number of aromatic nitrogens is 2. The zero-order valence-electron chi connectivity index (χ0n) is 12.8. The Kier molecular flexibility index (Phi) is 6.09. The number of amides is 1. The molecule has 130 valence electrons. The number of benzene rings is 1. The molecule has 1 atom stereocenters. The molecule has 1 saturated heterocycles. The molecule has 0 spiro atoms. The number of likely N-dealkylation sites (tertiary alicyclic amines) is 1. The van der Waals surface area contributed by atoms with Gasteiger partial charge in [-0.25, -0.2) is 4.39 Å². The molecule has 3 rings (SSSR count). The van der Waals surface area contributed by atoms with Gasteiger partial charge in [-0.1, -0.05) is 16.6 Å². The van der Waals surface area contributed by atoms with Crippen LogP contribution in [-0.4, -0.2) is 38.6 Å².